The van der Waals surface area contributed by atoms with Gasteiger partial charge in [-0.15, -0.1) is 0 Å². The second-order valence-corrected chi connectivity index (χ2v) is 11.3. The van der Waals surface area contributed by atoms with Crippen molar-refractivity contribution in [2.24, 2.45) is 23.7 Å². The summed E-state index contributed by atoms with van der Waals surface area (Å²) in [5.41, 5.74) is 3.34. The Hall–Kier alpha value is -3.68. The van der Waals surface area contributed by atoms with Gasteiger partial charge >= 0.3 is 0 Å². The number of allylic oxidation sites excluding steroid dienone is 1. The third-order valence-electron chi connectivity index (χ3n) is 8.81. The SMILES string of the molecule is CC(C)Oc1cc(C(=O)N2C[C@@H]3[C@H]4CN(C(=O)C5=CCc6n[nH]nc6C5)C[C@H]4[C@@H]3C2)cc2ccccc12. The van der Waals surface area contributed by atoms with Crippen LogP contribution < -0.4 is 4.74 Å². The lowest BCUT2D eigenvalue weighted by Gasteiger charge is -2.42. The predicted molar refractivity (Wildman–Crippen MR) is 138 cm³/mol. The van der Waals surface area contributed by atoms with Gasteiger partial charge in [-0.05, 0) is 55.0 Å². The average Bonchev–Trinajstić information content (AvgIpc) is 3.61. The Morgan fingerprint density at radius 2 is 1.57 bits per heavy atom. The predicted octanol–water partition coefficient (Wildman–Crippen LogP) is 3.25. The number of carbonyl (C=O) groups is 2. The van der Waals surface area contributed by atoms with E-state index in [4.69, 9.17) is 4.74 Å². The molecule has 8 nitrogen and oxygen atoms in total. The van der Waals surface area contributed by atoms with Crippen molar-refractivity contribution < 1.29 is 14.3 Å². The van der Waals surface area contributed by atoms with Crippen LogP contribution in [0, 0.1) is 23.7 Å². The number of nitrogens with zero attached hydrogens (tertiary/aromatic N) is 4. The number of aromatic amines is 1. The minimum Gasteiger partial charge on any atom is -0.490 e. The lowest BCUT2D eigenvalue weighted by molar-refractivity contribution is -0.126. The van der Waals surface area contributed by atoms with Gasteiger partial charge in [0.1, 0.15) is 5.75 Å². The van der Waals surface area contributed by atoms with E-state index in [1.54, 1.807) is 0 Å². The topological polar surface area (TPSA) is 91.4 Å². The number of H-pyrrole nitrogens is 1. The number of benzene rings is 2. The summed E-state index contributed by atoms with van der Waals surface area (Å²) < 4.78 is 6.07. The highest BCUT2D eigenvalue weighted by molar-refractivity contribution is 6.01. The van der Waals surface area contributed by atoms with Crippen LogP contribution in [0.2, 0.25) is 0 Å². The lowest BCUT2D eigenvalue weighted by Crippen LogP contribution is -2.44. The van der Waals surface area contributed by atoms with E-state index >= 15 is 0 Å². The van der Waals surface area contributed by atoms with Crippen molar-refractivity contribution in [3.8, 4) is 5.75 Å². The van der Waals surface area contributed by atoms with Crippen molar-refractivity contribution in [1.29, 1.82) is 0 Å². The first-order chi connectivity index (χ1) is 18.0. The van der Waals surface area contributed by atoms with E-state index in [9.17, 15) is 9.59 Å². The van der Waals surface area contributed by atoms with Gasteiger partial charge in [-0.1, -0.05) is 30.3 Å². The molecular weight excluding hydrogens is 466 g/mol. The van der Waals surface area contributed by atoms with E-state index in [1.165, 1.54) is 0 Å². The van der Waals surface area contributed by atoms with Gasteiger partial charge in [0.15, 0.2) is 0 Å². The largest absolute Gasteiger partial charge is 0.490 e. The van der Waals surface area contributed by atoms with E-state index < -0.39 is 0 Å². The van der Waals surface area contributed by atoms with E-state index in [0.717, 1.165) is 59.7 Å². The van der Waals surface area contributed by atoms with Crippen molar-refractivity contribution >= 4 is 22.6 Å². The maximum Gasteiger partial charge on any atom is 0.254 e. The number of likely N-dealkylation sites (tertiary alicyclic amines) is 2. The number of aromatic nitrogens is 3. The Balaban J connectivity index is 1.04. The van der Waals surface area contributed by atoms with E-state index in [1.807, 2.05) is 66.1 Å². The summed E-state index contributed by atoms with van der Waals surface area (Å²) >= 11 is 0. The van der Waals surface area contributed by atoms with Crippen LogP contribution in [0.25, 0.3) is 10.8 Å². The third kappa shape index (κ3) is 3.64. The summed E-state index contributed by atoms with van der Waals surface area (Å²) in [5, 5.41) is 13.1. The summed E-state index contributed by atoms with van der Waals surface area (Å²) in [7, 11) is 0. The normalized spacial score (nSPS) is 26.0. The maximum atomic E-state index is 13.6. The number of amides is 2. The fourth-order valence-electron chi connectivity index (χ4n) is 7.06. The molecule has 37 heavy (non-hydrogen) atoms. The molecule has 190 valence electrons. The molecule has 2 saturated heterocycles. The molecule has 2 aromatic carbocycles. The van der Waals surface area contributed by atoms with Crippen molar-refractivity contribution in [2.45, 2.75) is 32.8 Å². The highest BCUT2D eigenvalue weighted by Crippen LogP contribution is 2.54. The van der Waals surface area contributed by atoms with Crippen LogP contribution in [0.4, 0.5) is 0 Å². The Morgan fingerprint density at radius 1 is 0.919 bits per heavy atom. The van der Waals surface area contributed by atoms with Gasteiger partial charge in [-0.3, -0.25) is 9.59 Å². The molecule has 0 spiro atoms. The molecule has 0 bridgehead atoms. The summed E-state index contributed by atoms with van der Waals surface area (Å²) in [6.07, 6.45) is 3.26. The van der Waals surface area contributed by atoms with Crippen molar-refractivity contribution in [3.05, 3.63) is 65.0 Å². The van der Waals surface area contributed by atoms with Gasteiger partial charge < -0.3 is 14.5 Å². The molecule has 2 amide bonds. The molecular formula is C29H31N5O3. The first-order valence-corrected chi connectivity index (χ1v) is 13.3. The molecule has 3 fully saturated rings. The van der Waals surface area contributed by atoms with Gasteiger partial charge in [0.25, 0.3) is 5.91 Å². The Kier molecular flexibility index (Phi) is 5.13. The van der Waals surface area contributed by atoms with Gasteiger partial charge in [0, 0.05) is 55.5 Å². The molecule has 1 aromatic heterocycles. The van der Waals surface area contributed by atoms with Gasteiger partial charge in [0.2, 0.25) is 5.91 Å². The quantitative estimate of drug-likeness (QED) is 0.598. The summed E-state index contributed by atoms with van der Waals surface area (Å²) in [4.78, 5) is 30.9. The van der Waals surface area contributed by atoms with Crippen molar-refractivity contribution in [3.63, 3.8) is 0 Å². The van der Waals surface area contributed by atoms with E-state index in [-0.39, 0.29) is 17.9 Å². The number of hydrogen-bond donors (Lipinski definition) is 1. The van der Waals surface area contributed by atoms with Crippen LogP contribution in [0.3, 0.4) is 0 Å². The number of carbonyl (C=O) groups excluding carboxylic acids is 2. The van der Waals surface area contributed by atoms with Crippen LogP contribution in [0.5, 0.6) is 5.75 Å². The maximum absolute atomic E-state index is 13.6. The summed E-state index contributed by atoms with van der Waals surface area (Å²) in [6.45, 7) is 7.13. The number of rotatable bonds is 4. The second-order valence-electron chi connectivity index (χ2n) is 11.3. The monoisotopic (exact) mass is 497 g/mol. The minimum absolute atomic E-state index is 0.0313. The Labute approximate surface area is 215 Å². The zero-order chi connectivity index (χ0) is 25.3. The van der Waals surface area contributed by atoms with Crippen molar-refractivity contribution in [1.82, 2.24) is 25.2 Å². The zero-order valence-electron chi connectivity index (χ0n) is 21.2. The van der Waals surface area contributed by atoms with Crippen LogP contribution in [0.1, 0.15) is 35.6 Å². The first kappa shape index (κ1) is 22.5. The molecule has 7 rings (SSSR count). The van der Waals surface area contributed by atoms with Crippen molar-refractivity contribution in [2.75, 3.05) is 26.2 Å². The number of hydrogen-bond acceptors (Lipinski definition) is 5. The van der Waals surface area contributed by atoms with Crippen LogP contribution in [-0.2, 0) is 17.6 Å². The smallest absolute Gasteiger partial charge is 0.254 e. The molecule has 2 aliphatic carbocycles. The lowest BCUT2D eigenvalue weighted by atomic mass is 9.60. The molecule has 2 aliphatic heterocycles. The third-order valence-corrected chi connectivity index (χ3v) is 8.81. The highest BCUT2D eigenvalue weighted by Gasteiger charge is 2.59. The molecule has 0 radical (unpaired) electrons. The molecule has 8 heteroatoms. The fourth-order valence-corrected chi connectivity index (χ4v) is 7.06. The number of ether oxygens (including phenoxy) is 1. The molecule has 1 saturated carbocycles. The number of fused-ring (bicyclic) bond motifs is 6. The Morgan fingerprint density at radius 3 is 2.27 bits per heavy atom. The minimum atomic E-state index is 0.0313. The van der Waals surface area contributed by atoms with E-state index in [0.29, 0.717) is 42.1 Å². The molecule has 3 heterocycles. The summed E-state index contributed by atoms with van der Waals surface area (Å²) in [5.74, 6) is 2.89. The van der Waals surface area contributed by atoms with Gasteiger partial charge in [0.05, 0.1) is 17.5 Å². The van der Waals surface area contributed by atoms with Crippen LogP contribution in [0.15, 0.2) is 48.0 Å². The molecule has 1 N–H and O–H groups in total. The van der Waals surface area contributed by atoms with Gasteiger partial charge in [-0.2, -0.15) is 15.4 Å². The molecule has 0 unspecified atom stereocenters. The molecule has 3 aromatic rings. The average molecular weight is 498 g/mol. The zero-order valence-corrected chi connectivity index (χ0v) is 21.2. The number of nitrogens with one attached hydrogen (secondary N) is 1. The highest BCUT2D eigenvalue weighted by atomic mass is 16.5. The standard InChI is InChI=1S/C29H31N5O3/c1-16(2)37-27-11-19(9-17-5-3-4-6-20(17)27)29(36)34-14-23-21-12-33(13-22(21)24(23)15-34)28(35)18-7-8-25-26(10-18)31-32-30-25/h3-7,9,11,16,21-24H,8,10,12-15H2,1-2H3,(H,30,31,32)/t21-,22+,23+,24-. The van der Waals surface area contributed by atoms with Crippen LogP contribution in [-0.4, -0.2) is 69.3 Å². The fraction of sp³-hybridized carbons (Fsp3) is 0.448. The van der Waals surface area contributed by atoms with Crippen LogP contribution >= 0.6 is 0 Å². The second kappa shape index (κ2) is 8.43. The van der Waals surface area contributed by atoms with E-state index in [2.05, 4.69) is 15.4 Å². The Bertz CT molecular complexity index is 1420. The van der Waals surface area contributed by atoms with Gasteiger partial charge in [-0.25, -0.2) is 0 Å². The molecule has 4 atom stereocenters. The molecule has 4 aliphatic rings. The summed E-state index contributed by atoms with van der Waals surface area (Å²) in [6, 6.07) is 12.0. The first-order valence-electron chi connectivity index (χ1n) is 13.3.